The van der Waals surface area contributed by atoms with E-state index in [9.17, 15) is 9.90 Å². The highest BCUT2D eigenvalue weighted by Gasteiger charge is 2.45. The summed E-state index contributed by atoms with van der Waals surface area (Å²) in [7, 11) is 0. The fourth-order valence-corrected chi connectivity index (χ4v) is 7.22. The first-order chi connectivity index (χ1) is 15.5. The molecule has 0 fully saturated rings. The average Bonchev–Trinajstić information content (AvgIpc) is 2.98. The average molecular weight is 461 g/mol. The molecule has 0 aliphatic heterocycles. The fourth-order valence-electron chi connectivity index (χ4n) is 5.61. The van der Waals surface area contributed by atoms with Gasteiger partial charge in [-0.1, -0.05) is 77.5 Å². The first kappa shape index (κ1) is 23.8. The third-order valence-corrected chi connectivity index (χ3v) is 9.64. The minimum absolute atomic E-state index is 0.186. The number of thiophene rings is 1. The maximum Gasteiger partial charge on any atom is 0.335 e. The van der Waals surface area contributed by atoms with E-state index in [1.807, 2.05) is 23.5 Å². The Morgan fingerprint density at radius 2 is 1.79 bits per heavy atom. The molecule has 1 aromatic heterocycles. The number of benzene rings is 1. The molecule has 1 N–H and O–H groups in total. The molecule has 2 aliphatic rings. The third-order valence-electron chi connectivity index (χ3n) is 7.91. The standard InChI is InChI=1S/C30H36O2S/c1-8-20-15-23(21-9-11-22(12-10-21)28(31)32)13-14-24(16-20)26-19(3)25-27(33-26)29(4,5)17-18(2)30(25,6)7/h9-15,18H,8,16-17H2,1-7H3,(H,31,32)/t18-/m1/s1. The van der Waals surface area contributed by atoms with Gasteiger partial charge in [-0.3, -0.25) is 0 Å². The van der Waals surface area contributed by atoms with Crippen LogP contribution in [0.5, 0.6) is 0 Å². The van der Waals surface area contributed by atoms with E-state index < -0.39 is 5.97 Å². The van der Waals surface area contributed by atoms with E-state index in [1.165, 1.54) is 28.0 Å². The summed E-state index contributed by atoms with van der Waals surface area (Å²) in [4.78, 5) is 14.2. The van der Waals surface area contributed by atoms with Crippen molar-refractivity contribution in [3.8, 4) is 0 Å². The zero-order chi connectivity index (χ0) is 24.1. The first-order valence-electron chi connectivity index (χ1n) is 12.0. The van der Waals surface area contributed by atoms with Crippen LogP contribution in [-0.2, 0) is 10.8 Å². The van der Waals surface area contributed by atoms with Crippen molar-refractivity contribution in [2.45, 2.75) is 78.6 Å². The van der Waals surface area contributed by atoms with Crippen LogP contribution in [0.2, 0.25) is 0 Å². The van der Waals surface area contributed by atoms with Crippen molar-refractivity contribution in [3.63, 3.8) is 0 Å². The van der Waals surface area contributed by atoms with Crippen LogP contribution in [0.3, 0.4) is 0 Å². The van der Waals surface area contributed by atoms with Crippen molar-refractivity contribution >= 4 is 28.5 Å². The van der Waals surface area contributed by atoms with Gasteiger partial charge >= 0.3 is 5.97 Å². The number of rotatable bonds is 4. The molecule has 0 spiro atoms. The van der Waals surface area contributed by atoms with Crippen LogP contribution in [0.15, 0.2) is 48.1 Å². The predicted molar refractivity (Wildman–Crippen MR) is 141 cm³/mol. The van der Waals surface area contributed by atoms with Crippen LogP contribution >= 0.6 is 11.3 Å². The molecular formula is C30H36O2S. The van der Waals surface area contributed by atoms with Crippen molar-refractivity contribution in [2.75, 3.05) is 0 Å². The van der Waals surface area contributed by atoms with Gasteiger partial charge in [0, 0.05) is 9.75 Å². The molecule has 1 atom stereocenters. The molecule has 3 heteroatoms. The van der Waals surface area contributed by atoms with Gasteiger partial charge in [0.25, 0.3) is 0 Å². The molecule has 174 valence electrons. The lowest BCUT2D eigenvalue weighted by Crippen LogP contribution is -2.39. The molecule has 0 amide bonds. The van der Waals surface area contributed by atoms with E-state index in [4.69, 9.17) is 0 Å². The Balaban J connectivity index is 1.81. The van der Waals surface area contributed by atoms with Gasteiger partial charge in [-0.15, -0.1) is 11.3 Å². The highest BCUT2D eigenvalue weighted by Crippen LogP contribution is 2.55. The number of allylic oxidation sites excluding steroid dienone is 6. The van der Waals surface area contributed by atoms with E-state index in [1.54, 1.807) is 22.6 Å². The lowest BCUT2D eigenvalue weighted by molar-refractivity contribution is 0.0697. The van der Waals surface area contributed by atoms with Gasteiger partial charge < -0.3 is 5.11 Å². The van der Waals surface area contributed by atoms with E-state index in [-0.39, 0.29) is 10.8 Å². The van der Waals surface area contributed by atoms with Gasteiger partial charge in [0.05, 0.1) is 5.56 Å². The summed E-state index contributed by atoms with van der Waals surface area (Å²) >= 11 is 2.01. The lowest BCUT2D eigenvalue weighted by atomic mass is 9.60. The predicted octanol–water partition coefficient (Wildman–Crippen LogP) is 8.56. The summed E-state index contributed by atoms with van der Waals surface area (Å²) in [5.41, 5.74) is 8.76. The van der Waals surface area contributed by atoms with Gasteiger partial charge in [-0.05, 0) is 82.9 Å². The Morgan fingerprint density at radius 1 is 1.12 bits per heavy atom. The topological polar surface area (TPSA) is 37.3 Å². The molecule has 0 radical (unpaired) electrons. The Kier molecular flexibility index (Phi) is 6.07. The molecular weight excluding hydrogens is 424 g/mol. The molecule has 2 aromatic rings. The summed E-state index contributed by atoms with van der Waals surface area (Å²) in [5, 5.41) is 9.22. The molecule has 0 saturated heterocycles. The van der Waals surface area contributed by atoms with Crippen LogP contribution in [0.1, 0.15) is 97.6 Å². The number of carbonyl (C=O) groups is 1. The lowest BCUT2D eigenvalue weighted by Gasteiger charge is -2.45. The van der Waals surface area contributed by atoms with Crippen molar-refractivity contribution in [3.05, 3.63) is 80.1 Å². The van der Waals surface area contributed by atoms with E-state index in [0.717, 1.165) is 24.0 Å². The molecule has 2 aliphatic carbocycles. The van der Waals surface area contributed by atoms with Crippen LogP contribution in [0, 0.1) is 12.8 Å². The second kappa shape index (κ2) is 8.43. The Hall–Kier alpha value is -2.39. The summed E-state index contributed by atoms with van der Waals surface area (Å²) in [6.45, 7) is 16.6. The second-order valence-electron chi connectivity index (χ2n) is 11.0. The minimum atomic E-state index is -0.888. The number of hydrogen-bond acceptors (Lipinski definition) is 2. The van der Waals surface area contributed by atoms with Crippen LogP contribution < -0.4 is 0 Å². The minimum Gasteiger partial charge on any atom is -0.478 e. The van der Waals surface area contributed by atoms with Crippen LogP contribution in [0.25, 0.3) is 11.1 Å². The largest absolute Gasteiger partial charge is 0.478 e. The summed E-state index contributed by atoms with van der Waals surface area (Å²) in [5.74, 6) is -0.240. The van der Waals surface area contributed by atoms with Crippen molar-refractivity contribution in [2.24, 2.45) is 5.92 Å². The van der Waals surface area contributed by atoms with Gasteiger partial charge in [0.15, 0.2) is 0 Å². The zero-order valence-corrected chi connectivity index (χ0v) is 21.8. The highest BCUT2D eigenvalue weighted by molar-refractivity contribution is 7.13. The summed E-state index contributed by atoms with van der Waals surface area (Å²) in [6, 6.07) is 7.21. The van der Waals surface area contributed by atoms with Gasteiger partial charge in [0.2, 0.25) is 0 Å². The SMILES string of the molecule is CCC1=CC(c2ccc(C(=O)O)cc2)=CC=C(c2sc3c(c2C)C(C)(C)[C@H](C)CC3(C)C)C1. The van der Waals surface area contributed by atoms with Crippen LogP contribution in [0.4, 0.5) is 0 Å². The first-order valence-corrected chi connectivity index (χ1v) is 12.9. The van der Waals surface area contributed by atoms with E-state index in [2.05, 4.69) is 66.7 Å². The monoisotopic (exact) mass is 460 g/mol. The maximum absolute atomic E-state index is 11.2. The van der Waals surface area contributed by atoms with E-state index in [0.29, 0.717) is 11.5 Å². The molecule has 0 bridgehead atoms. The number of hydrogen-bond donors (Lipinski definition) is 1. The maximum atomic E-state index is 11.2. The summed E-state index contributed by atoms with van der Waals surface area (Å²) in [6.07, 6.45) is 9.98. The van der Waals surface area contributed by atoms with Crippen molar-refractivity contribution < 1.29 is 9.90 Å². The number of fused-ring (bicyclic) bond motifs is 1. The highest BCUT2D eigenvalue weighted by atomic mass is 32.1. The molecule has 0 saturated carbocycles. The molecule has 2 nitrogen and oxygen atoms in total. The Bertz CT molecular complexity index is 1180. The number of carboxylic acid groups (broad SMARTS) is 1. The molecule has 33 heavy (non-hydrogen) atoms. The third kappa shape index (κ3) is 4.17. The van der Waals surface area contributed by atoms with E-state index >= 15 is 0 Å². The second-order valence-corrected chi connectivity index (χ2v) is 12.0. The number of carboxylic acids is 1. The smallest absolute Gasteiger partial charge is 0.335 e. The Morgan fingerprint density at radius 3 is 2.39 bits per heavy atom. The molecule has 1 heterocycles. The summed E-state index contributed by atoms with van der Waals surface area (Å²) < 4.78 is 0. The van der Waals surface area contributed by atoms with Gasteiger partial charge in [-0.2, -0.15) is 0 Å². The van der Waals surface area contributed by atoms with Crippen molar-refractivity contribution in [1.29, 1.82) is 0 Å². The molecule has 1 aromatic carbocycles. The number of aromatic carboxylic acids is 1. The van der Waals surface area contributed by atoms with Gasteiger partial charge in [0.1, 0.15) is 0 Å². The quantitative estimate of drug-likeness (QED) is 0.496. The fraction of sp³-hybridized carbons (Fsp3) is 0.433. The Labute approximate surface area is 202 Å². The normalized spacial score (nSPS) is 21.4. The zero-order valence-electron chi connectivity index (χ0n) is 21.0. The van der Waals surface area contributed by atoms with Crippen molar-refractivity contribution in [1.82, 2.24) is 0 Å². The van der Waals surface area contributed by atoms with Gasteiger partial charge in [-0.25, -0.2) is 4.79 Å². The molecule has 4 rings (SSSR count). The molecule has 0 unspecified atom stereocenters. The van der Waals surface area contributed by atoms with Crippen LogP contribution in [-0.4, -0.2) is 11.1 Å².